The Hall–Kier alpha value is -1.83. The number of carbonyl (C=O) groups is 3. The summed E-state index contributed by atoms with van der Waals surface area (Å²) in [4.78, 5) is 35.2. The number of nitrogens with two attached hydrogens (primary N) is 1. The number of hydrogen-bond acceptors (Lipinski definition) is 4. The third-order valence-corrected chi connectivity index (χ3v) is 2.82. The predicted octanol–water partition coefficient (Wildman–Crippen LogP) is -0.228. The van der Waals surface area contributed by atoms with Gasteiger partial charge in [0.25, 0.3) is 0 Å². The van der Waals surface area contributed by atoms with E-state index < -0.39 is 23.9 Å². The fraction of sp³-hybridized carbons (Fsp3) is 0.750. The molecule has 0 aliphatic rings. The Kier molecular flexibility index (Phi) is 8.30. The van der Waals surface area contributed by atoms with Gasteiger partial charge in [-0.3, -0.25) is 4.79 Å². The van der Waals surface area contributed by atoms with Gasteiger partial charge in [-0.25, -0.2) is 9.59 Å². The summed E-state index contributed by atoms with van der Waals surface area (Å²) in [5.41, 5.74) is 4.97. The molecule has 2 unspecified atom stereocenters. The van der Waals surface area contributed by atoms with E-state index in [1.807, 2.05) is 0 Å². The number of amides is 3. The lowest BCUT2D eigenvalue weighted by atomic mass is 10.1. The molecule has 0 spiro atoms. The number of carboxylic acids is 1. The first-order valence-corrected chi connectivity index (χ1v) is 6.40. The fourth-order valence-electron chi connectivity index (χ4n) is 1.76. The van der Waals surface area contributed by atoms with Gasteiger partial charge < -0.3 is 25.8 Å². The summed E-state index contributed by atoms with van der Waals surface area (Å²) >= 11 is 0. The average molecular weight is 289 g/mol. The summed E-state index contributed by atoms with van der Waals surface area (Å²) in [6.45, 7) is 4.34. The van der Waals surface area contributed by atoms with Gasteiger partial charge in [-0.15, -0.1) is 0 Å². The number of hydrogen-bond donors (Lipinski definition) is 3. The van der Waals surface area contributed by atoms with Crippen LogP contribution < -0.4 is 11.1 Å². The molecule has 2 atom stereocenters. The first kappa shape index (κ1) is 18.2. The van der Waals surface area contributed by atoms with Crippen molar-refractivity contribution >= 4 is 17.9 Å². The molecule has 0 aliphatic carbocycles. The Morgan fingerprint density at radius 3 is 2.40 bits per heavy atom. The van der Waals surface area contributed by atoms with Crippen LogP contribution in [0.1, 0.15) is 26.7 Å². The molecule has 0 saturated carbocycles. The van der Waals surface area contributed by atoms with Crippen molar-refractivity contribution in [1.82, 2.24) is 10.2 Å². The maximum absolute atomic E-state index is 12.0. The van der Waals surface area contributed by atoms with Gasteiger partial charge in [0.05, 0.1) is 12.6 Å². The molecule has 4 N–H and O–H groups in total. The van der Waals surface area contributed by atoms with E-state index in [-0.39, 0.29) is 18.9 Å². The van der Waals surface area contributed by atoms with Crippen molar-refractivity contribution in [3.05, 3.63) is 0 Å². The number of nitrogens with zero attached hydrogens (tertiary/aromatic N) is 1. The number of urea groups is 1. The Labute approximate surface area is 118 Å². The average Bonchev–Trinajstić information content (AvgIpc) is 2.34. The molecule has 116 valence electrons. The number of carbonyl (C=O) groups excluding carboxylic acids is 2. The number of aliphatic carboxylic acids is 1. The molecule has 3 amide bonds. The minimum Gasteiger partial charge on any atom is -0.480 e. The third kappa shape index (κ3) is 6.37. The van der Waals surface area contributed by atoms with Crippen LogP contribution in [-0.2, 0) is 14.3 Å². The van der Waals surface area contributed by atoms with Gasteiger partial charge in [0.15, 0.2) is 0 Å². The van der Waals surface area contributed by atoms with Gasteiger partial charge in [0.1, 0.15) is 6.04 Å². The minimum absolute atomic E-state index is 0.0351. The first-order valence-electron chi connectivity index (χ1n) is 6.40. The lowest BCUT2D eigenvalue weighted by molar-refractivity contribution is -0.139. The van der Waals surface area contributed by atoms with E-state index in [1.165, 1.54) is 12.0 Å². The standard InChI is InChI=1S/C12H23N3O5/c1-4-15(8(2)7-20-3)12(19)14-9(11(17)18)5-6-10(13)16/h8-9H,4-7H2,1-3H3,(H2,13,16)(H,14,19)(H,17,18). The van der Waals surface area contributed by atoms with Crippen LogP contribution in [0.5, 0.6) is 0 Å². The normalized spacial score (nSPS) is 13.3. The summed E-state index contributed by atoms with van der Waals surface area (Å²) in [5.74, 6) is -1.80. The second-order valence-corrected chi connectivity index (χ2v) is 4.44. The predicted molar refractivity (Wildman–Crippen MR) is 72.1 cm³/mol. The molecule has 0 aliphatic heterocycles. The van der Waals surface area contributed by atoms with Crippen molar-refractivity contribution < 1.29 is 24.2 Å². The van der Waals surface area contributed by atoms with Crippen LogP contribution in [0.15, 0.2) is 0 Å². The second-order valence-electron chi connectivity index (χ2n) is 4.44. The van der Waals surface area contributed by atoms with E-state index >= 15 is 0 Å². The van der Waals surface area contributed by atoms with E-state index in [9.17, 15) is 14.4 Å². The van der Waals surface area contributed by atoms with Crippen LogP contribution in [0.4, 0.5) is 4.79 Å². The summed E-state index contributed by atoms with van der Waals surface area (Å²) < 4.78 is 4.97. The zero-order chi connectivity index (χ0) is 15.7. The van der Waals surface area contributed by atoms with E-state index in [1.54, 1.807) is 13.8 Å². The Balaban J connectivity index is 4.63. The largest absolute Gasteiger partial charge is 0.480 e. The van der Waals surface area contributed by atoms with Crippen LogP contribution in [0, 0.1) is 0 Å². The SMILES string of the molecule is CCN(C(=O)NC(CCC(N)=O)C(=O)O)C(C)COC. The minimum atomic E-state index is -1.20. The summed E-state index contributed by atoms with van der Waals surface area (Å²) in [7, 11) is 1.52. The molecule has 0 saturated heterocycles. The molecular formula is C12H23N3O5. The number of likely N-dealkylation sites (N-methyl/N-ethyl adjacent to an activating group) is 1. The second kappa shape index (κ2) is 9.13. The molecule has 0 aromatic rings. The number of nitrogens with one attached hydrogen (secondary N) is 1. The zero-order valence-electron chi connectivity index (χ0n) is 12.1. The highest BCUT2D eigenvalue weighted by Crippen LogP contribution is 2.03. The highest BCUT2D eigenvalue weighted by atomic mass is 16.5. The number of carboxylic acid groups (broad SMARTS) is 1. The Morgan fingerprint density at radius 2 is 2.00 bits per heavy atom. The fourth-order valence-corrected chi connectivity index (χ4v) is 1.76. The summed E-state index contributed by atoms with van der Waals surface area (Å²) in [5, 5.41) is 11.4. The van der Waals surface area contributed by atoms with Crippen LogP contribution in [-0.4, -0.2) is 60.3 Å². The molecule has 20 heavy (non-hydrogen) atoms. The zero-order valence-corrected chi connectivity index (χ0v) is 12.1. The molecule has 0 aromatic carbocycles. The summed E-state index contributed by atoms with van der Waals surface area (Å²) in [6, 6.07) is -1.83. The van der Waals surface area contributed by atoms with Crippen LogP contribution in [0.25, 0.3) is 0 Å². The van der Waals surface area contributed by atoms with Gasteiger partial charge in [0.2, 0.25) is 5.91 Å². The van der Waals surface area contributed by atoms with E-state index in [2.05, 4.69) is 5.32 Å². The number of rotatable bonds is 9. The monoisotopic (exact) mass is 289 g/mol. The highest BCUT2D eigenvalue weighted by molar-refractivity contribution is 5.83. The lowest BCUT2D eigenvalue weighted by Crippen LogP contribution is -2.51. The van der Waals surface area contributed by atoms with E-state index in [0.29, 0.717) is 13.2 Å². The van der Waals surface area contributed by atoms with Gasteiger partial charge in [-0.05, 0) is 20.3 Å². The van der Waals surface area contributed by atoms with Crippen LogP contribution in [0.3, 0.4) is 0 Å². The Morgan fingerprint density at radius 1 is 1.40 bits per heavy atom. The quantitative estimate of drug-likeness (QED) is 0.541. The van der Waals surface area contributed by atoms with Crippen molar-refractivity contribution in [1.29, 1.82) is 0 Å². The van der Waals surface area contributed by atoms with E-state index in [0.717, 1.165) is 0 Å². The molecule has 0 bridgehead atoms. The maximum Gasteiger partial charge on any atom is 0.326 e. The molecular weight excluding hydrogens is 266 g/mol. The number of methoxy groups -OCH3 is 1. The lowest BCUT2D eigenvalue weighted by Gasteiger charge is -2.29. The molecule has 0 heterocycles. The van der Waals surface area contributed by atoms with Crippen LogP contribution >= 0.6 is 0 Å². The molecule has 8 nitrogen and oxygen atoms in total. The molecule has 8 heteroatoms. The van der Waals surface area contributed by atoms with Gasteiger partial charge >= 0.3 is 12.0 Å². The molecule has 0 fully saturated rings. The van der Waals surface area contributed by atoms with Crippen molar-refractivity contribution in [3.63, 3.8) is 0 Å². The number of primary amides is 1. The maximum atomic E-state index is 12.0. The van der Waals surface area contributed by atoms with Crippen molar-refractivity contribution in [2.24, 2.45) is 5.73 Å². The number of ether oxygens (including phenoxy) is 1. The third-order valence-electron chi connectivity index (χ3n) is 2.82. The van der Waals surface area contributed by atoms with Crippen molar-refractivity contribution in [2.75, 3.05) is 20.3 Å². The Bertz CT molecular complexity index is 348. The molecule has 0 radical (unpaired) electrons. The molecule has 0 rings (SSSR count). The van der Waals surface area contributed by atoms with Crippen molar-refractivity contribution in [2.45, 2.75) is 38.8 Å². The topological polar surface area (TPSA) is 122 Å². The van der Waals surface area contributed by atoms with Gasteiger partial charge in [-0.1, -0.05) is 0 Å². The smallest absolute Gasteiger partial charge is 0.326 e. The summed E-state index contributed by atoms with van der Waals surface area (Å²) in [6.07, 6.45) is -0.135. The van der Waals surface area contributed by atoms with E-state index in [4.69, 9.17) is 15.6 Å². The van der Waals surface area contributed by atoms with Gasteiger partial charge in [-0.2, -0.15) is 0 Å². The highest BCUT2D eigenvalue weighted by Gasteiger charge is 2.25. The van der Waals surface area contributed by atoms with Crippen molar-refractivity contribution in [3.8, 4) is 0 Å². The van der Waals surface area contributed by atoms with Crippen LogP contribution in [0.2, 0.25) is 0 Å². The molecule has 0 aromatic heterocycles. The van der Waals surface area contributed by atoms with Gasteiger partial charge in [0, 0.05) is 20.1 Å². The first-order chi connectivity index (χ1) is 9.33.